The maximum Gasteiger partial charge on any atom is 0.306 e. The second-order valence-electron chi connectivity index (χ2n) is 4.62. The summed E-state index contributed by atoms with van der Waals surface area (Å²) in [5.74, 6) is -0.689. The van der Waals surface area contributed by atoms with Crippen LogP contribution in [0.4, 0.5) is 0 Å². The highest BCUT2D eigenvalue weighted by Gasteiger charge is 2.35. The van der Waals surface area contributed by atoms with Crippen LogP contribution in [0.25, 0.3) is 0 Å². The lowest BCUT2D eigenvalue weighted by molar-refractivity contribution is -0.142. The van der Waals surface area contributed by atoms with Gasteiger partial charge >= 0.3 is 5.97 Å². The predicted octanol–water partition coefficient (Wildman–Crippen LogP) is 0.0438. The van der Waals surface area contributed by atoms with Gasteiger partial charge < -0.3 is 15.0 Å². The second kappa shape index (κ2) is 6.36. The van der Waals surface area contributed by atoms with Crippen molar-refractivity contribution in [3.8, 4) is 6.07 Å². The summed E-state index contributed by atoms with van der Waals surface area (Å²) < 4.78 is 4.47. The number of likely N-dealkylation sites (tertiary alicyclic amines) is 1. The molecular weight excluding hydrogens is 234 g/mol. The molecule has 1 fully saturated rings. The van der Waals surface area contributed by atoms with Crippen molar-refractivity contribution >= 4 is 11.9 Å². The lowest BCUT2D eigenvalue weighted by Crippen LogP contribution is -2.53. The molecule has 1 saturated heterocycles. The van der Waals surface area contributed by atoms with Gasteiger partial charge in [-0.05, 0) is 19.9 Å². The SMILES string of the molecule is COC(=O)CCC(=O)NC1(C#N)CCN(C)CC1. The Balaban J connectivity index is 2.46. The normalized spacial score (nSPS) is 18.7. The number of hydrogen-bond acceptors (Lipinski definition) is 5. The van der Waals surface area contributed by atoms with Gasteiger partial charge in [0.1, 0.15) is 5.54 Å². The maximum absolute atomic E-state index is 11.7. The Morgan fingerprint density at radius 2 is 2.00 bits per heavy atom. The van der Waals surface area contributed by atoms with Gasteiger partial charge in [-0.3, -0.25) is 9.59 Å². The summed E-state index contributed by atoms with van der Waals surface area (Å²) >= 11 is 0. The van der Waals surface area contributed by atoms with Crippen molar-refractivity contribution in [2.75, 3.05) is 27.2 Å². The van der Waals surface area contributed by atoms with E-state index in [1.54, 1.807) is 0 Å². The van der Waals surface area contributed by atoms with Gasteiger partial charge in [0.2, 0.25) is 5.91 Å². The van der Waals surface area contributed by atoms with Gasteiger partial charge in [0.05, 0.1) is 19.6 Å². The van der Waals surface area contributed by atoms with E-state index in [2.05, 4.69) is 21.0 Å². The Kier molecular flexibility index (Phi) is 5.10. The monoisotopic (exact) mass is 253 g/mol. The molecule has 1 heterocycles. The zero-order valence-corrected chi connectivity index (χ0v) is 10.9. The van der Waals surface area contributed by atoms with Gasteiger partial charge in [-0.2, -0.15) is 5.26 Å². The fraction of sp³-hybridized carbons (Fsp3) is 0.750. The molecule has 100 valence electrons. The minimum absolute atomic E-state index is 0.0454. The molecule has 0 aromatic carbocycles. The summed E-state index contributed by atoms with van der Waals surface area (Å²) in [5, 5.41) is 12.0. The average Bonchev–Trinajstić information content (AvgIpc) is 2.39. The Morgan fingerprint density at radius 1 is 1.39 bits per heavy atom. The standard InChI is InChI=1S/C12H19N3O3/c1-15-7-5-12(9-13,6-8-15)14-10(16)3-4-11(17)18-2/h3-8H2,1-2H3,(H,14,16). The Hall–Kier alpha value is -1.61. The summed E-state index contributed by atoms with van der Waals surface area (Å²) in [5.41, 5.74) is -0.778. The fourth-order valence-corrected chi connectivity index (χ4v) is 1.91. The average molecular weight is 253 g/mol. The molecule has 0 atom stereocenters. The van der Waals surface area contributed by atoms with E-state index in [-0.39, 0.29) is 18.7 Å². The molecule has 1 aliphatic rings. The van der Waals surface area contributed by atoms with Crippen molar-refractivity contribution in [2.24, 2.45) is 0 Å². The zero-order chi connectivity index (χ0) is 13.6. The molecule has 1 amide bonds. The quantitative estimate of drug-likeness (QED) is 0.715. The number of nitrogens with one attached hydrogen (secondary N) is 1. The zero-order valence-electron chi connectivity index (χ0n) is 10.9. The number of carbonyl (C=O) groups is 2. The van der Waals surface area contributed by atoms with Crippen LogP contribution in [0.15, 0.2) is 0 Å². The molecule has 6 heteroatoms. The highest BCUT2D eigenvalue weighted by molar-refractivity contribution is 5.82. The van der Waals surface area contributed by atoms with Gasteiger partial charge in [0.25, 0.3) is 0 Å². The number of esters is 1. The van der Waals surface area contributed by atoms with Crippen LogP contribution in [0, 0.1) is 11.3 Å². The third-order valence-corrected chi connectivity index (χ3v) is 3.22. The molecule has 0 spiro atoms. The molecule has 1 rings (SSSR count). The first-order valence-electron chi connectivity index (χ1n) is 5.99. The Bertz CT molecular complexity index is 354. The number of ether oxygens (including phenoxy) is 1. The molecule has 0 aliphatic carbocycles. The molecule has 0 unspecified atom stereocenters. The number of piperidine rings is 1. The van der Waals surface area contributed by atoms with Gasteiger partial charge in [-0.1, -0.05) is 0 Å². The number of nitriles is 1. The van der Waals surface area contributed by atoms with Gasteiger partial charge in [0, 0.05) is 19.5 Å². The highest BCUT2D eigenvalue weighted by atomic mass is 16.5. The molecule has 0 radical (unpaired) electrons. The first-order valence-corrected chi connectivity index (χ1v) is 5.99. The molecule has 18 heavy (non-hydrogen) atoms. The number of hydrogen-bond donors (Lipinski definition) is 1. The van der Waals surface area contributed by atoms with Gasteiger partial charge in [-0.15, -0.1) is 0 Å². The number of rotatable bonds is 4. The summed E-state index contributed by atoms with van der Waals surface area (Å²) in [4.78, 5) is 24.7. The van der Waals surface area contributed by atoms with E-state index in [0.717, 1.165) is 13.1 Å². The van der Waals surface area contributed by atoms with Crippen molar-refractivity contribution in [2.45, 2.75) is 31.2 Å². The van der Waals surface area contributed by atoms with E-state index < -0.39 is 11.5 Å². The molecule has 0 bridgehead atoms. The number of nitrogens with zero attached hydrogens (tertiary/aromatic N) is 2. The van der Waals surface area contributed by atoms with Gasteiger partial charge in [-0.25, -0.2) is 0 Å². The number of amides is 1. The summed E-state index contributed by atoms with van der Waals surface area (Å²) in [6.45, 7) is 1.57. The van der Waals surface area contributed by atoms with Crippen LogP contribution in [-0.2, 0) is 14.3 Å². The summed E-state index contributed by atoms with van der Waals surface area (Å²) in [6.07, 6.45) is 1.34. The maximum atomic E-state index is 11.7. The van der Waals surface area contributed by atoms with E-state index >= 15 is 0 Å². The topological polar surface area (TPSA) is 82.4 Å². The van der Waals surface area contributed by atoms with Crippen molar-refractivity contribution < 1.29 is 14.3 Å². The molecule has 1 aliphatic heterocycles. The van der Waals surface area contributed by atoms with Crippen LogP contribution >= 0.6 is 0 Å². The minimum atomic E-state index is -0.778. The van der Waals surface area contributed by atoms with Crippen molar-refractivity contribution in [3.63, 3.8) is 0 Å². The van der Waals surface area contributed by atoms with Crippen LogP contribution < -0.4 is 5.32 Å². The van der Waals surface area contributed by atoms with E-state index in [1.807, 2.05) is 7.05 Å². The van der Waals surface area contributed by atoms with Crippen molar-refractivity contribution in [1.82, 2.24) is 10.2 Å². The highest BCUT2D eigenvalue weighted by Crippen LogP contribution is 2.20. The first kappa shape index (κ1) is 14.5. The second-order valence-corrected chi connectivity index (χ2v) is 4.62. The third kappa shape index (κ3) is 4.00. The first-order chi connectivity index (χ1) is 8.51. The Labute approximate surface area is 107 Å². The van der Waals surface area contributed by atoms with Gasteiger partial charge in [0.15, 0.2) is 0 Å². The summed E-state index contributed by atoms with van der Waals surface area (Å²) in [6, 6.07) is 2.20. The fourth-order valence-electron chi connectivity index (χ4n) is 1.91. The number of carbonyl (C=O) groups excluding carboxylic acids is 2. The van der Waals surface area contributed by atoms with Crippen LogP contribution in [0.5, 0.6) is 0 Å². The molecule has 1 N–H and O–H groups in total. The van der Waals surface area contributed by atoms with Crippen molar-refractivity contribution in [3.05, 3.63) is 0 Å². The van der Waals surface area contributed by atoms with E-state index in [4.69, 9.17) is 0 Å². The molecule has 0 aromatic rings. The lowest BCUT2D eigenvalue weighted by Gasteiger charge is -2.35. The number of methoxy groups -OCH3 is 1. The predicted molar refractivity (Wildman–Crippen MR) is 64.5 cm³/mol. The van der Waals surface area contributed by atoms with E-state index in [0.29, 0.717) is 12.8 Å². The van der Waals surface area contributed by atoms with Crippen LogP contribution in [-0.4, -0.2) is 49.6 Å². The van der Waals surface area contributed by atoms with E-state index in [1.165, 1.54) is 7.11 Å². The van der Waals surface area contributed by atoms with E-state index in [9.17, 15) is 14.9 Å². The van der Waals surface area contributed by atoms with Crippen LogP contribution in [0.1, 0.15) is 25.7 Å². The molecule has 0 saturated carbocycles. The molecule has 0 aromatic heterocycles. The van der Waals surface area contributed by atoms with Crippen molar-refractivity contribution in [1.29, 1.82) is 5.26 Å². The molecular formula is C12H19N3O3. The summed E-state index contributed by atoms with van der Waals surface area (Å²) in [7, 11) is 3.27. The Morgan fingerprint density at radius 3 is 2.50 bits per heavy atom. The molecule has 6 nitrogen and oxygen atoms in total. The third-order valence-electron chi connectivity index (χ3n) is 3.22. The largest absolute Gasteiger partial charge is 0.469 e. The van der Waals surface area contributed by atoms with Crippen LogP contribution in [0.2, 0.25) is 0 Å². The smallest absolute Gasteiger partial charge is 0.306 e. The lowest BCUT2D eigenvalue weighted by atomic mass is 9.89. The minimum Gasteiger partial charge on any atom is -0.469 e. The van der Waals surface area contributed by atoms with Crippen LogP contribution in [0.3, 0.4) is 0 Å².